The molecule has 6 rings (SSSR count). The van der Waals surface area contributed by atoms with Crippen LogP contribution in [0.4, 0.5) is 4.39 Å². The Kier molecular flexibility index (Phi) is 5.90. The lowest BCUT2D eigenvalue weighted by atomic mass is 9.66. The first-order valence-corrected chi connectivity index (χ1v) is 11.5. The van der Waals surface area contributed by atoms with E-state index in [1.54, 1.807) is 12.1 Å². The van der Waals surface area contributed by atoms with E-state index in [0.29, 0.717) is 31.4 Å². The first-order valence-electron chi connectivity index (χ1n) is 11.5. The second-order valence-corrected chi connectivity index (χ2v) is 9.19. The van der Waals surface area contributed by atoms with Crippen LogP contribution < -0.4 is 4.74 Å². The van der Waals surface area contributed by atoms with Crippen LogP contribution in [0.3, 0.4) is 0 Å². The third-order valence-electron chi connectivity index (χ3n) is 7.25. The fourth-order valence-electron chi connectivity index (χ4n) is 5.47. The van der Waals surface area contributed by atoms with Gasteiger partial charge in [-0.25, -0.2) is 9.37 Å². The molecule has 6 heteroatoms. The van der Waals surface area contributed by atoms with Crippen LogP contribution in [0.1, 0.15) is 36.1 Å². The molecular formula is C26H29FN2O3. The van der Waals surface area contributed by atoms with Crippen LogP contribution in [-0.2, 0) is 16.8 Å². The van der Waals surface area contributed by atoms with Crippen LogP contribution in [-0.4, -0.2) is 53.9 Å². The van der Waals surface area contributed by atoms with Gasteiger partial charge in [0.1, 0.15) is 17.5 Å². The Balaban J connectivity index is 1.50. The van der Waals surface area contributed by atoms with E-state index in [1.165, 1.54) is 12.1 Å². The van der Waals surface area contributed by atoms with E-state index in [1.807, 2.05) is 12.1 Å². The Morgan fingerprint density at radius 1 is 1.19 bits per heavy atom. The van der Waals surface area contributed by atoms with E-state index < -0.39 is 5.60 Å². The van der Waals surface area contributed by atoms with Gasteiger partial charge in [0.05, 0.1) is 18.9 Å². The normalized spacial score (nSPS) is 31.4. The van der Waals surface area contributed by atoms with Gasteiger partial charge in [0.2, 0.25) is 5.88 Å². The SMILES string of the molecule is C#CC1N2CCC(CC2)C1(O)c1ccc(OCC2CCOC2)nc1Cc1ccc(F)cc1. The number of aliphatic hydroxyl groups is 1. The van der Waals surface area contributed by atoms with Crippen molar-refractivity contribution < 1.29 is 19.0 Å². The third kappa shape index (κ3) is 3.90. The third-order valence-corrected chi connectivity index (χ3v) is 7.25. The molecule has 0 aliphatic carbocycles. The summed E-state index contributed by atoms with van der Waals surface area (Å²) < 4.78 is 24.9. The first-order chi connectivity index (χ1) is 15.6. The Hall–Kier alpha value is -2.46. The molecule has 0 spiro atoms. The highest BCUT2D eigenvalue weighted by atomic mass is 19.1. The molecule has 0 radical (unpaired) electrons. The van der Waals surface area contributed by atoms with Gasteiger partial charge in [-0.15, -0.1) is 6.42 Å². The summed E-state index contributed by atoms with van der Waals surface area (Å²) in [5.41, 5.74) is 1.25. The average Bonchev–Trinajstić information content (AvgIpc) is 3.34. The number of pyridine rings is 1. The van der Waals surface area contributed by atoms with Crippen molar-refractivity contribution in [2.45, 2.75) is 37.3 Å². The van der Waals surface area contributed by atoms with Crippen molar-refractivity contribution in [3.8, 4) is 18.2 Å². The molecule has 0 amide bonds. The van der Waals surface area contributed by atoms with Gasteiger partial charge in [0, 0.05) is 30.6 Å². The zero-order valence-corrected chi connectivity index (χ0v) is 18.2. The number of ether oxygens (including phenoxy) is 2. The van der Waals surface area contributed by atoms with Crippen LogP contribution in [0, 0.1) is 30.0 Å². The molecule has 3 unspecified atom stereocenters. The Labute approximate surface area is 188 Å². The molecule has 1 aromatic heterocycles. The number of fused-ring (bicyclic) bond motifs is 3. The quantitative estimate of drug-likeness (QED) is 0.705. The lowest BCUT2D eigenvalue weighted by Gasteiger charge is -2.54. The molecule has 4 aliphatic heterocycles. The summed E-state index contributed by atoms with van der Waals surface area (Å²) in [5.74, 6) is 3.56. The minimum Gasteiger partial charge on any atom is -0.477 e. The lowest BCUT2D eigenvalue weighted by Crippen LogP contribution is -2.63. The van der Waals surface area contributed by atoms with Gasteiger partial charge in [-0.3, -0.25) is 4.90 Å². The summed E-state index contributed by atoms with van der Waals surface area (Å²) in [7, 11) is 0. The summed E-state index contributed by atoms with van der Waals surface area (Å²) in [6, 6.07) is 9.78. The van der Waals surface area contributed by atoms with Crippen LogP contribution in [0.25, 0.3) is 0 Å². The Bertz CT molecular complexity index is 991. The average molecular weight is 437 g/mol. The highest BCUT2D eigenvalue weighted by Crippen LogP contribution is 2.47. The number of halogens is 1. The number of nitrogens with zero attached hydrogens (tertiary/aromatic N) is 2. The van der Waals surface area contributed by atoms with E-state index in [4.69, 9.17) is 20.9 Å². The van der Waals surface area contributed by atoms with E-state index in [0.717, 1.165) is 55.8 Å². The van der Waals surface area contributed by atoms with Crippen molar-refractivity contribution in [2.75, 3.05) is 32.9 Å². The molecule has 5 nitrogen and oxygen atoms in total. The highest BCUT2D eigenvalue weighted by molar-refractivity contribution is 5.39. The van der Waals surface area contributed by atoms with Crippen molar-refractivity contribution in [1.29, 1.82) is 0 Å². The topological polar surface area (TPSA) is 54.8 Å². The van der Waals surface area contributed by atoms with Gasteiger partial charge in [-0.2, -0.15) is 0 Å². The molecule has 32 heavy (non-hydrogen) atoms. The second kappa shape index (κ2) is 8.82. The first kappa shape index (κ1) is 21.4. The minimum absolute atomic E-state index is 0.0877. The summed E-state index contributed by atoms with van der Waals surface area (Å²) in [6.07, 6.45) is 9.19. The van der Waals surface area contributed by atoms with Gasteiger partial charge in [0.15, 0.2) is 0 Å². The van der Waals surface area contributed by atoms with E-state index in [-0.39, 0.29) is 17.8 Å². The molecule has 168 valence electrons. The van der Waals surface area contributed by atoms with Crippen molar-refractivity contribution in [3.05, 3.63) is 59.0 Å². The van der Waals surface area contributed by atoms with E-state index in [9.17, 15) is 9.50 Å². The van der Waals surface area contributed by atoms with E-state index in [2.05, 4.69) is 10.8 Å². The van der Waals surface area contributed by atoms with Crippen LogP contribution in [0.2, 0.25) is 0 Å². The van der Waals surface area contributed by atoms with Crippen LogP contribution in [0.5, 0.6) is 5.88 Å². The maximum absolute atomic E-state index is 13.5. The lowest BCUT2D eigenvalue weighted by molar-refractivity contribution is -0.143. The number of aromatic nitrogens is 1. The smallest absolute Gasteiger partial charge is 0.213 e. The number of benzene rings is 1. The van der Waals surface area contributed by atoms with Gasteiger partial charge < -0.3 is 14.6 Å². The molecule has 2 bridgehead atoms. The number of hydrogen-bond acceptors (Lipinski definition) is 5. The van der Waals surface area contributed by atoms with Gasteiger partial charge >= 0.3 is 0 Å². The fourth-order valence-corrected chi connectivity index (χ4v) is 5.47. The highest BCUT2D eigenvalue weighted by Gasteiger charge is 2.54. The minimum atomic E-state index is -1.16. The number of terminal acetylenes is 1. The van der Waals surface area contributed by atoms with Gasteiger partial charge in [0.25, 0.3) is 0 Å². The zero-order valence-electron chi connectivity index (χ0n) is 18.2. The van der Waals surface area contributed by atoms with E-state index >= 15 is 0 Å². The van der Waals surface area contributed by atoms with Crippen molar-refractivity contribution in [1.82, 2.24) is 9.88 Å². The predicted octanol–water partition coefficient (Wildman–Crippen LogP) is 3.14. The van der Waals surface area contributed by atoms with Crippen LogP contribution in [0.15, 0.2) is 36.4 Å². The summed E-state index contributed by atoms with van der Waals surface area (Å²) in [5, 5.41) is 12.0. The molecule has 3 atom stereocenters. The summed E-state index contributed by atoms with van der Waals surface area (Å²) in [4.78, 5) is 7.02. The molecule has 1 aromatic carbocycles. The molecule has 0 saturated carbocycles. The van der Waals surface area contributed by atoms with Gasteiger partial charge in [-0.05, 0) is 62.0 Å². The molecule has 4 aliphatic rings. The maximum atomic E-state index is 13.5. The largest absolute Gasteiger partial charge is 0.477 e. The predicted molar refractivity (Wildman–Crippen MR) is 119 cm³/mol. The molecule has 4 saturated heterocycles. The standard InChI is InChI=1S/C26H29FN2O3/c1-2-24-26(30,20-9-12-29(24)13-10-20)22-7-8-25(32-17-19-11-14-31-16-19)28-23(22)15-18-3-5-21(27)6-4-18/h1,3-8,19-20,24,30H,9-17H2. The van der Waals surface area contributed by atoms with Gasteiger partial charge in [-0.1, -0.05) is 18.1 Å². The molecule has 1 N–H and O–H groups in total. The zero-order chi connectivity index (χ0) is 22.1. The molecule has 2 aromatic rings. The summed E-state index contributed by atoms with van der Waals surface area (Å²) >= 11 is 0. The van der Waals surface area contributed by atoms with Crippen LogP contribution >= 0.6 is 0 Å². The number of rotatable bonds is 6. The number of piperidine rings is 3. The fraction of sp³-hybridized carbons (Fsp3) is 0.500. The summed E-state index contributed by atoms with van der Waals surface area (Å²) in [6.45, 7) is 3.85. The Morgan fingerprint density at radius 3 is 2.66 bits per heavy atom. The monoisotopic (exact) mass is 436 g/mol. The molecular weight excluding hydrogens is 407 g/mol. The molecule has 4 fully saturated rings. The molecule has 5 heterocycles. The van der Waals surface area contributed by atoms with Crippen molar-refractivity contribution >= 4 is 0 Å². The number of hydrogen-bond donors (Lipinski definition) is 1. The second-order valence-electron chi connectivity index (χ2n) is 9.19. The maximum Gasteiger partial charge on any atom is 0.213 e. The van der Waals surface area contributed by atoms with Crippen molar-refractivity contribution in [3.63, 3.8) is 0 Å². The van der Waals surface area contributed by atoms with Crippen molar-refractivity contribution in [2.24, 2.45) is 11.8 Å². The Morgan fingerprint density at radius 2 is 1.97 bits per heavy atom.